The summed E-state index contributed by atoms with van der Waals surface area (Å²) in [6, 6.07) is 10.4. The van der Waals surface area contributed by atoms with Crippen LogP contribution in [0.3, 0.4) is 0 Å². The quantitative estimate of drug-likeness (QED) is 0.733. The van der Waals surface area contributed by atoms with Gasteiger partial charge in [-0.3, -0.25) is 0 Å². The maximum absolute atomic E-state index is 4.75. The summed E-state index contributed by atoms with van der Waals surface area (Å²) in [4.78, 5) is 2.41. The van der Waals surface area contributed by atoms with Gasteiger partial charge in [-0.2, -0.15) is 5.10 Å². The Labute approximate surface area is 129 Å². The molecule has 0 atom stereocenters. The highest BCUT2D eigenvalue weighted by molar-refractivity contribution is 9.08. The highest BCUT2D eigenvalue weighted by Crippen LogP contribution is 2.29. The average molecular weight is 336 g/mol. The molecule has 3 nitrogen and oxygen atoms in total. The van der Waals surface area contributed by atoms with Crippen molar-refractivity contribution in [2.75, 3.05) is 18.0 Å². The van der Waals surface area contributed by atoms with Crippen molar-refractivity contribution < 1.29 is 0 Å². The Balaban J connectivity index is 2.57. The number of alkyl halides is 1. The molecule has 2 rings (SSSR count). The first-order chi connectivity index (χ1) is 9.72. The lowest BCUT2D eigenvalue weighted by Gasteiger charge is -2.24. The summed E-state index contributed by atoms with van der Waals surface area (Å²) in [6.07, 6.45) is 1.13. The smallest absolute Gasteiger partial charge is 0.136 e. The van der Waals surface area contributed by atoms with Crippen LogP contribution in [-0.2, 0) is 5.33 Å². The summed E-state index contributed by atoms with van der Waals surface area (Å²) in [7, 11) is 0. The van der Waals surface area contributed by atoms with Crippen LogP contribution in [-0.4, -0.2) is 22.9 Å². The fourth-order valence-corrected chi connectivity index (χ4v) is 3.12. The fraction of sp³-hybridized carbons (Fsp3) is 0.438. The molecule has 1 aromatic heterocycles. The first-order valence-corrected chi connectivity index (χ1v) is 8.29. The number of nitrogens with zero attached hydrogens (tertiary/aromatic N) is 3. The van der Waals surface area contributed by atoms with Gasteiger partial charge in [-0.05, 0) is 32.4 Å². The van der Waals surface area contributed by atoms with Crippen molar-refractivity contribution >= 4 is 21.7 Å². The number of hydrogen-bond donors (Lipinski definition) is 0. The zero-order valence-corrected chi connectivity index (χ0v) is 14.0. The number of hydrogen-bond acceptors (Lipinski definition) is 2. The van der Waals surface area contributed by atoms with E-state index >= 15 is 0 Å². The second-order valence-corrected chi connectivity index (χ2v) is 5.41. The van der Waals surface area contributed by atoms with Gasteiger partial charge in [-0.1, -0.05) is 41.1 Å². The molecule has 0 aliphatic carbocycles. The van der Waals surface area contributed by atoms with E-state index in [9.17, 15) is 0 Å². The summed E-state index contributed by atoms with van der Waals surface area (Å²) >= 11 is 3.61. The topological polar surface area (TPSA) is 21.1 Å². The Morgan fingerprint density at radius 2 is 1.90 bits per heavy atom. The van der Waals surface area contributed by atoms with E-state index < -0.39 is 0 Å². The molecule has 0 bridgehead atoms. The van der Waals surface area contributed by atoms with Crippen LogP contribution in [0.25, 0.3) is 5.69 Å². The highest BCUT2D eigenvalue weighted by atomic mass is 79.9. The Morgan fingerprint density at radius 1 is 1.20 bits per heavy atom. The van der Waals surface area contributed by atoms with Crippen LogP contribution >= 0.6 is 15.9 Å². The van der Waals surface area contributed by atoms with Gasteiger partial charge in [0.05, 0.1) is 11.4 Å². The van der Waals surface area contributed by atoms with E-state index in [0.717, 1.165) is 36.2 Å². The van der Waals surface area contributed by atoms with Crippen molar-refractivity contribution in [3.8, 4) is 5.69 Å². The van der Waals surface area contributed by atoms with Crippen LogP contribution in [0.5, 0.6) is 0 Å². The number of halogens is 1. The third kappa shape index (κ3) is 2.90. The van der Waals surface area contributed by atoms with Crippen molar-refractivity contribution in [2.45, 2.75) is 32.5 Å². The molecule has 0 N–H and O–H groups in total. The maximum atomic E-state index is 4.75. The highest BCUT2D eigenvalue weighted by Gasteiger charge is 2.19. The van der Waals surface area contributed by atoms with Crippen molar-refractivity contribution in [3.63, 3.8) is 0 Å². The third-order valence-corrected chi connectivity index (χ3v) is 4.03. The minimum absolute atomic E-state index is 0.835. The molecule has 108 valence electrons. The van der Waals surface area contributed by atoms with Crippen LogP contribution in [0.1, 0.15) is 31.5 Å². The summed E-state index contributed by atoms with van der Waals surface area (Å²) in [5.41, 5.74) is 3.49. The van der Waals surface area contributed by atoms with E-state index in [1.807, 2.05) is 6.07 Å². The van der Waals surface area contributed by atoms with Gasteiger partial charge < -0.3 is 4.90 Å². The molecule has 0 fully saturated rings. The van der Waals surface area contributed by atoms with Gasteiger partial charge in [0.2, 0.25) is 0 Å². The Kier molecular flexibility index (Phi) is 5.24. The van der Waals surface area contributed by atoms with Crippen LogP contribution in [0.4, 0.5) is 5.82 Å². The molecule has 0 aliphatic heterocycles. The predicted octanol–water partition coefficient (Wildman–Crippen LogP) is 4.31. The van der Waals surface area contributed by atoms with Crippen molar-refractivity contribution in [3.05, 3.63) is 41.6 Å². The van der Waals surface area contributed by atoms with E-state index in [2.05, 4.69) is 70.5 Å². The van der Waals surface area contributed by atoms with Gasteiger partial charge in [0.15, 0.2) is 0 Å². The zero-order valence-electron chi connectivity index (χ0n) is 12.4. The monoisotopic (exact) mass is 335 g/mol. The molecular formula is C16H22BrN3. The van der Waals surface area contributed by atoms with E-state index in [0.29, 0.717) is 0 Å². The van der Waals surface area contributed by atoms with E-state index in [4.69, 9.17) is 5.10 Å². The molecule has 1 aromatic carbocycles. The molecule has 0 amide bonds. The first-order valence-electron chi connectivity index (χ1n) is 7.17. The molecule has 0 unspecified atom stereocenters. The number of aryl methyl sites for hydroxylation is 1. The van der Waals surface area contributed by atoms with Crippen molar-refractivity contribution in [1.29, 1.82) is 0 Å². The third-order valence-electron chi connectivity index (χ3n) is 3.47. The number of para-hydroxylation sites is 1. The van der Waals surface area contributed by atoms with Crippen molar-refractivity contribution in [2.24, 2.45) is 0 Å². The fourth-order valence-electron chi connectivity index (χ4n) is 2.46. The molecule has 2 aromatic rings. The molecule has 4 heteroatoms. The molecule has 0 aliphatic rings. The van der Waals surface area contributed by atoms with E-state index in [1.165, 1.54) is 11.4 Å². The van der Waals surface area contributed by atoms with E-state index in [-0.39, 0.29) is 0 Å². The molecule has 0 saturated heterocycles. The average Bonchev–Trinajstić information content (AvgIpc) is 2.82. The van der Waals surface area contributed by atoms with Gasteiger partial charge in [0, 0.05) is 24.0 Å². The van der Waals surface area contributed by atoms with Gasteiger partial charge >= 0.3 is 0 Å². The zero-order chi connectivity index (χ0) is 14.5. The van der Waals surface area contributed by atoms with E-state index in [1.54, 1.807) is 0 Å². The summed E-state index contributed by atoms with van der Waals surface area (Å²) < 4.78 is 2.07. The minimum atomic E-state index is 0.835. The number of aromatic nitrogens is 2. The molecule has 1 heterocycles. The largest absolute Gasteiger partial charge is 0.357 e. The molecule has 0 saturated carbocycles. The lowest BCUT2D eigenvalue weighted by molar-refractivity contribution is 0.741. The van der Waals surface area contributed by atoms with Gasteiger partial charge in [0.1, 0.15) is 5.82 Å². The van der Waals surface area contributed by atoms with Gasteiger partial charge in [-0.25, -0.2) is 4.68 Å². The summed E-state index contributed by atoms with van der Waals surface area (Å²) in [5, 5.41) is 5.58. The molecular weight excluding hydrogens is 314 g/mol. The predicted molar refractivity (Wildman–Crippen MR) is 89.1 cm³/mol. The Hall–Kier alpha value is -1.29. The van der Waals surface area contributed by atoms with Crippen LogP contribution in [0.15, 0.2) is 30.3 Å². The summed E-state index contributed by atoms with van der Waals surface area (Å²) in [5.74, 6) is 1.22. The van der Waals surface area contributed by atoms with Crippen LogP contribution in [0.2, 0.25) is 0 Å². The van der Waals surface area contributed by atoms with Crippen LogP contribution in [0, 0.1) is 6.92 Å². The first kappa shape index (κ1) is 15.1. The molecule has 20 heavy (non-hydrogen) atoms. The standard InChI is InChI=1S/C16H22BrN3/c1-4-11-19(5-2)16-15(12-17)13(3)18-20(16)14-9-7-6-8-10-14/h6-10H,4-5,11-12H2,1-3H3. The lowest BCUT2D eigenvalue weighted by atomic mass is 10.2. The number of anilines is 1. The second kappa shape index (κ2) is 6.93. The molecule has 0 spiro atoms. The Morgan fingerprint density at radius 3 is 2.45 bits per heavy atom. The minimum Gasteiger partial charge on any atom is -0.357 e. The maximum Gasteiger partial charge on any atom is 0.136 e. The normalized spacial score (nSPS) is 10.8. The Bertz CT molecular complexity index is 548. The lowest BCUT2D eigenvalue weighted by Crippen LogP contribution is -2.27. The van der Waals surface area contributed by atoms with Gasteiger partial charge in [0.25, 0.3) is 0 Å². The molecule has 0 radical (unpaired) electrons. The summed E-state index contributed by atoms with van der Waals surface area (Å²) in [6.45, 7) is 8.54. The van der Waals surface area contributed by atoms with Crippen molar-refractivity contribution in [1.82, 2.24) is 9.78 Å². The number of benzene rings is 1. The van der Waals surface area contributed by atoms with Crippen LogP contribution < -0.4 is 4.90 Å². The SMILES string of the molecule is CCCN(CC)c1c(CBr)c(C)nn1-c1ccccc1. The van der Waals surface area contributed by atoms with Gasteiger partial charge in [-0.15, -0.1) is 0 Å². The number of rotatable bonds is 6. The second-order valence-electron chi connectivity index (χ2n) is 4.85.